The van der Waals surface area contributed by atoms with Gasteiger partial charge < -0.3 is 13.9 Å². The van der Waals surface area contributed by atoms with E-state index in [2.05, 4.69) is 33.9 Å². The Morgan fingerprint density at radius 3 is 2.26 bits per heavy atom. The molecule has 0 N–H and O–H groups in total. The smallest absolute Gasteiger partial charge is 0.313 e. The van der Waals surface area contributed by atoms with Gasteiger partial charge in [0.1, 0.15) is 6.10 Å². The fourth-order valence-corrected chi connectivity index (χ4v) is 2.53. The normalized spacial score (nSPS) is 23.0. The molecule has 0 aromatic heterocycles. The zero-order valence-electron chi connectivity index (χ0n) is 15.6. The molecule has 0 amide bonds. The van der Waals surface area contributed by atoms with E-state index in [1.54, 1.807) is 20.8 Å². The highest BCUT2D eigenvalue weighted by atomic mass is 28.4. The van der Waals surface area contributed by atoms with Gasteiger partial charge in [0, 0.05) is 0 Å². The van der Waals surface area contributed by atoms with Crippen LogP contribution in [-0.4, -0.2) is 39.1 Å². The number of carbonyl (C=O) groups is 2. The molecule has 2 atom stereocenters. The van der Waals surface area contributed by atoms with Crippen LogP contribution in [0.15, 0.2) is 12.2 Å². The molecule has 0 bridgehead atoms. The van der Waals surface area contributed by atoms with Gasteiger partial charge in [0.25, 0.3) is 0 Å². The molecule has 0 radical (unpaired) electrons. The summed E-state index contributed by atoms with van der Waals surface area (Å²) in [6.07, 6.45) is 1.30. The Bertz CT molecular complexity index is 482. The van der Waals surface area contributed by atoms with Crippen LogP contribution in [0.25, 0.3) is 0 Å². The zero-order chi connectivity index (χ0) is 18.1. The lowest BCUT2D eigenvalue weighted by atomic mass is 9.97. The number of ether oxygens (including phenoxy) is 2. The Balaban J connectivity index is 2.67. The van der Waals surface area contributed by atoms with E-state index < -0.39 is 26.1 Å². The minimum absolute atomic E-state index is 0.0542. The Morgan fingerprint density at radius 1 is 1.22 bits per heavy atom. The van der Waals surface area contributed by atoms with E-state index in [4.69, 9.17) is 13.9 Å². The number of ketones is 1. The Hall–Kier alpha value is -0.983. The number of hydrogen-bond acceptors (Lipinski definition) is 5. The second-order valence-electron chi connectivity index (χ2n) is 8.48. The number of carbonyl (C=O) groups excluding carboxylic acids is 2. The van der Waals surface area contributed by atoms with Crippen LogP contribution in [0.4, 0.5) is 0 Å². The molecule has 0 unspecified atom stereocenters. The van der Waals surface area contributed by atoms with Crippen molar-refractivity contribution in [3.63, 3.8) is 0 Å². The van der Waals surface area contributed by atoms with Gasteiger partial charge in [-0.2, -0.15) is 0 Å². The molecule has 0 aromatic rings. The van der Waals surface area contributed by atoms with Crippen molar-refractivity contribution >= 4 is 20.1 Å². The second kappa shape index (κ2) is 6.87. The van der Waals surface area contributed by atoms with E-state index in [0.29, 0.717) is 0 Å². The van der Waals surface area contributed by atoms with Crippen molar-refractivity contribution in [1.29, 1.82) is 0 Å². The first-order valence-corrected chi connectivity index (χ1v) is 10.9. The maximum atomic E-state index is 12.0. The topological polar surface area (TPSA) is 61.8 Å². The summed E-state index contributed by atoms with van der Waals surface area (Å²) in [7, 11) is -1.97. The summed E-state index contributed by atoms with van der Waals surface area (Å²) in [5.41, 5.74) is -0.619. The van der Waals surface area contributed by atoms with Gasteiger partial charge in [0.05, 0.1) is 12.0 Å². The van der Waals surface area contributed by atoms with Crippen LogP contribution in [0.5, 0.6) is 0 Å². The van der Waals surface area contributed by atoms with Gasteiger partial charge in [-0.1, -0.05) is 20.8 Å². The first-order valence-electron chi connectivity index (χ1n) is 7.96. The molecule has 0 aliphatic carbocycles. The average molecular weight is 343 g/mol. The molecule has 6 heteroatoms. The molecule has 1 rings (SSSR count). The first-order chi connectivity index (χ1) is 10.2. The van der Waals surface area contributed by atoms with Crippen LogP contribution < -0.4 is 0 Å². The maximum absolute atomic E-state index is 12.0. The summed E-state index contributed by atoms with van der Waals surface area (Å²) >= 11 is 0. The largest absolute Gasteiger partial charge is 0.431 e. The standard InChI is InChI=1S/C17H30O5Si/c1-16(2,3)15(19)22-14-10-9-12(18)13(21-14)11-20-23(7,8)17(4,5)6/h9-10,13-14H,11H2,1-8H3/t13-,14-/m1/s1. The van der Waals surface area contributed by atoms with Crippen LogP contribution in [0.2, 0.25) is 18.1 Å². The third-order valence-corrected chi connectivity index (χ3v) is 8.77. The number of esters is 1. The van der Waals surface area contributed by atoms with E-state index in [0.717, 1.165) is 0 Å². The molecule has 1 heterocycles. The highest BCUT2D eigenvalue weighted by Crippen LogP contribution is 2.36. The van der Waals surface area contributed by atoms with Crippen LogP contribution >= 0.6 is 0 Å². The molecular formula is C17H30O5Si. The molecule has 0 saturated heterocycles. The van der Waals surface area contributed by atoms with Gasteiger partial charge in [0.2, 0.25) is 6.29 Å². The van der Waals surface area contributed by atoms with Gasteiger partial charge in [-0.05, 0) is 51.1 Å². The highest BCUT2D eigenvalue weighted by Gasteiger charge is 2.39. The molecule has 1 aliphatic rings. The average Bonchev–Trinajstić information content (AvgIpc) is 2.37. The molecule has 5 nitrogen and oxygen atoms in total. The van der Waals surface area contributed by atoms with Gasteiger partial charge >= 0.3 is 5.97 Å². The Labute approximate surface area is 140 Å². The fourth-order valence-electron chi connectivity index (χ4n) is 1.53. The van der Waals surface area contributed by atoms with Crippen molar-refractivity contribution in [3.05, 3.63) is 12.2 Å². The summed E-state index contributed by atoms with van der Waals surface area (Å²) in [6.45, 7) is 16.1. The quantitative estimate of drug-likeness (QED) is 0.578. The van der Waals surface area contributed by atoms with E-state index in [9.17, 15) is 9.59 Å². The summed E-state index contributed by atoms with van der Waals surface area (Å²) in [5.74, 6) is -0.530. The molecule has 1 aliphatic heterocycles. The van der Waals surface area contributed by atoms with Gasteiger partial charge in [-0.15, -0.1) is 0 Å². The van der Waals surface area contributed by atoms with Gasteiger partial charge in [-0.25, -0.2) is 0 Å². The predicted molar refractivity (Wildman–Crippen MR) is 91.5 cm³/mol. The maximum Gasteiger partial charge on any atom is 0.313 e. The van der Waals surface area contributed by atoms with Gasteiger partial charge in [-0.3, -0.25) is 9.59 Å². The van der Waals surface area contributed by atoms with E-state index in [-0.39, 0.29) is 23.4 Å². The van der Waals surface area contributed by atoms with Crippen molar-refractivity contribution in [2.75, 3.05) is 6.61 Å². The van der Waals surface area contributed by atoms with Crippen molar-refractivity contribution in [1.82, 2.24) is 0 Å². The predicted octanol–water partition coefficient (Wildman–Crippen LogP) is 3.45. The number of rotatable bonds is 4. The van der Waals surface area contributed by atoms with Crippen LogP contribution in [0.1, 0.15) is 41.5 Å². The Morgan fingerprint density at radius 2 is 1.78 bits per heavy atom. The van der Waals surface area contributed by atoms with E-state index in [1.807, 2.05) is 0 Å². The Kier molecular flexibility index (Phi) is 5.99. The minimum atomic E-state index is -1.97. The molecule has 23 heavy (non-hydrogen) atoms. The lowest BCUT2D eigenvalue weighted by Gasteiger charge is -2.37. The fraction of sp³-hybridized carbons (Fsp3) is 0.765. The summed E-state index contributed by atoms with van der Waals surface area (Å²) in [6, 6.07) is 0. The monoisotopic (exact) mass is 342 g/mol. The van der Waals surface area contributed by atoms with E-state index in [1.165, 1.54) is 12.2 Å². The van der Waals surface area contributed by atoms with Crippen LogP contribution in [0, 0.1) is 5.41 Å². The minimum Gasteiger partial charge on any atom is -0.431 e. The third kappa shape index (κ3) is 5.55. The molecule has 0 fully saturated rings. The molecule has 0 spiro atoms. The summed E-state index contributed by atoms with van der Waals surface area (Å²) in [5, 5.41) is 0.0542. The molecule has 0 aromatic carbocycles. The first kappa shape index (κ1) is 20.1. The lowest BCUT2D eigenvalue weighted by molar-refractivity contribution is -0.191. The van der Waals surface area contributed by atoms with Crippen LogP contribution in [-0.2, 0) is 23.5 Å². The SMILES string of the molecule is CC(C)(C)C(=O)O[C@@H]1C=CC(=O)[C@@H](CO[Si](C)(C)C(C)(C)C)O1. The summed E-state index contributed by atoms with van der Waals surface area (Å²) < 4.78 is 16.9. The van der Waals surface area contributed by atoms with Gasteiger partial charge in [0.15, 0.2) is 14.1 Å². The molecule has 132 valence electrons. The second-order valence-corrected chi connectivity index (χ2v) is 13.3. The van der Waals surface area contributed by atoms with Crippen molar-refractivity contribution < 1.29 is 23.5 Å². The highest BCUT2D eigenvalue weighted by molar-refractivity contribution is 6.74. The zero-order valence-corrected chi connectivity index (χ0v) is 16.6. The lowest BCUT2D eigenvalue weighted by Crippen LogP contribution is -2.46. The van der Waals surface area contributed by atoms with Crippen molar-refractivity contribution in [3.8, 4) is 0 Å². The molecule has 0 saturated carbocycles. The van der Waals surface area contributed by atoms with Crippen molar-refractivity contribution in [2.45, 2.75) is 72.1 Å². The van der Waals surface area contributed by atoms with E-state index >= 15 is 0 Å². The summed E-state index contributed by atoms with van der Waals surface area (Å²) in [4.78, 5) is 23.9. The third-order valence-electron chi connectivity index (χ3n) is 4.27. The van der Waals surface area contributed by atoms with Crippen LogP contribution in [0.3, 0.4) is 0 Å². The number of hydrogen-bond donors (Lipinski definition) is 0. The molecular weight excluding hydrogens is 312 g/mol. The van der Waals surface area contributed by atoms with Crippen molar-refractivity contribution in [2.24, 2.45) is 5.41 Å².